The topological polar surface area (TPSA) is 27.7 Å². The molecule has 0 bridgehead atoms. The quantitative estimate of drug-likeness (QED) is 0.559. The van der Waals surface area contributed by atoms with Gasteiger partial charge in [-0.3, -0.25) is 0 Å². The summed E-state index contributed by atoms with van der Waals surface area (Å²) < 4.78 is 17.7. The zero-order valence-electron chi connectivity index (χ0n) is 17.5. The molecular weight excluding hydrogens is 324 g/mol. The van der Waals surface area contributed by atoms with E-state index in [9.17, 15) is 0 Å². The van der Waals surface area contributed by atoms with Crippen molar-refractivity contribution < 1.29 is 14.2 Å². The molecule has 3 nitrogen and oxygen atoms in total. The van der Waals surface area contributed by atoms with E-state index in [1.54, 1.807) is 0 Å². The molecular formula is C23H42O3. The Kier molecular flexibility index (Phi) is 7.84. The van der Waals surface area contributed by atoms with Gasteiger partial charge in [-0.25, -0.2) is 0 Å². The third kappa shape index (κ3) is 5.69. The molecule has 26 heavy (non-hydrogen) atoms. The molecule has 3 fully saturated rings. The number of ether oxygens (including phenoxy) is 3. The molecule has 0 amide bonds. The van der Waals surface area contributed by atoms with Gasteiger partial charge in [0.05, 0.1) is 18.8 Å². The molecule has 0 aliphatic carbocycles. The molecule has 3 rings (SSSR count). The molecule has 152 valence electrons. The Morgan fingerprint density at radius 3 is 2.62 bits per heavy atom. The van der Waals surface area contributed by atoms with Crippen molar-refractivity contribution in [3.63, 3.8) is 0 Å². The Bertz CT molecular complexity index is 404. The van der Waals surface area contributed by atoms with Crippen molar-refractivity contribution in [2.75, 3.05) is 26.4 Å². The minimum Gasteiger partial charge on any atom is -0.381 e. The van der Waals surface area contributed by atoms with Crippen LogP contribution in [-0.4, -0.2) is 38.6 Å². The second-order valence-electron chi connectivity index (χ2n) is 9.63. The van der Waals surface area contributed by atoms with E-state index in [1.165, 1.54) is 64.2 Å². The third-order valence-corrected chi connectivity index (χ3v) is 7.66. The lowest BCUT2D eigenvalue weighted by Gasteiger charge is -2.36. The van der Waals surface area contributed by atoms with E-state index in [2.05, 4.69) is 20.8 Å². The predicted octanol–water partition coefficient (Wildman–Crippen LogP) is 5.61. The van der Waals surface area contributed by atoms with Gasteiger partial charge in [0.2, 0.25) is 0 Å². The van der Waals surface area contributed by atoms with Crippen LogP contribution in [0.5, 0.6) is 0 Å². The first-order valence-electron chi connectivity index (χ1n) is 11.4. The molecule has 0 N–H and O–H groups in total. The zero-order chi connectivity index (χ0) is 18.4. The first-order chi connectivity index (χ1) is 12.6. The van der Waals surface area contributed by atoms with Crippen LogP contribution in [0.15, 0.2) is 0 Å². The minimum absolute atomic E-state index is 0.438. The maximum absolute atomic E-state index is 6.32. The Morgan fingerprint density at radius 1 is 1.00 bits per heavy atom. The number of rotatable bonds is 8. The molecule has 3 heterocycles. The van der Waals surface area contributed by atoms with Crippen molar-refractivity contribution in [1.82, 2.24) is 0 Å². The van der Waals surface area contributed by atoms with Crippen molar-refractivity contribution in [2.24, 2.45) is 23.2 Å². The summed E-state index contributed by atoms with van der Waals surface area (Å²) in [5.41, 5.74) is 0.441. The maximum atomic E-state index is 6.32. The van der Waals surface area contributed by atoms with Crippen LogP contribution >= 0.6 is 0 Å². The van der Waals surface area contributed by atoms with Gasteiger partial charge in [0.1, 0.15) is 0 Å². The molecule has 6 unspecified atom stereocenters. The highest BCUT2D eigenvalue weighted by molar-refractivity contribution is 4.85. The van der Waals surface area contributed by atoms with Gasteiger partial charge < -0.3 is 14.2 Å². The van der Waals surface area contributed by atoms with Gasteiger partial charge >= 0.3 is 0 Å². The monoisotopic (exact) mass is 366 g/mol. The van der Waals surface area contributed by atoms with Gasteiger partial charge in [-0.15, -0.1) is 0 Å². The summed E-state index contributed by atoms with van der Waals surface area (Å²) in [7, 11) is 0. The third-order valence-electron chi connectivity index (χ3n) is 7.66. The van der Waals surface area contributed by atoms with E-state index in [1.807, 2.05) is 0 Å². The fourth-order valence-corrected chi connectivity index (χ4v) is 5.51. The van der Waals surface area contributed by atoms with Crippen LogP contribution in [0, 0.1) is 23.2 Å². The Morgan fingerprint density at radius 2 is 1.88 bits per heavy atom. The van der Waals surface area contributed by atoms with Gasteiger partial charge in [-0.05, 0) is 81.5 Å². The van der Waals surface area contributed by atoms with Crippen LogP contribution in [0.4, 0.5) is 0 Å². The average Bonchev–Trinajstić information content (AvgIpc) is 3.11. The second kappa shape index (κ2) is 9.89. The van der Waals surface area contributed by atoms with Crippen molar-refractivity contribution in [3.05, 3.63) is 0 Å². The zero-order valence-corrected chi connectivity index (χ0v) is 17.5. The van der Waals surface area contributed by atoms with Gasteiger partial charge in [0.15, 0.2) is 0 Å². The fraction of sp³-hybridized carbons (Fsp3) is 1.00. The highest BCUT2D eigenvalue weighted by Gasteiger charge is 2.35. The van der Waals surface area contributed by atoms with Gasteiger partial charge in [-0.1, -0.05) is 26.7 Å². The van der Waals surface area contributed by atoms with Crippen LogP contribution in [0.25, 0.3) is 0 Å². The molecule has 0 aromatic heterocycles. The summed E-state index contributed by atoms with van der Waals surface area (Å²) in [5.74, 6) is 2.51. The van der Waals surface area contributed by atoms with E-state index >= 15 is 0 Å². The summed E-state index contributed by atoms with van der Waals surface area (Å²) >= 11 is 0. The molecule has 0 aromatic carbocycles. The number of hydrogen-bond acceptors (Lipinski definition) is 3. The second-order valence-corrected chi connectivity index (χ2v) is 9.63. The van der Waals surface area contributed by atoms with Crippen LogP contribution in [0.2, 0.25) is 0 Å². The van der Waals surface area contributed by atoms with E-state index in [0.29, 0.717) is 17.6 Å². The number of hydrogen-bond donors (Lipinski definition) is 0. The molecule has 3 aliphatic rings. The molecule has 0 spiro atoms. The summed E-state index contributed by atoms with van der Waals surface area (Å²) in [6, 6.07) is 0. The van der Waals surface area contributed by atoms with Crippen molar-refractivity contribution in [3.8, 4) is 0 Å². The smallest absolute Gasteiger partial charge is 0.0581 e. The van der Waals surface area contributed by atoms with Crippen LogP contribution in [0.1, 0.15) is 85.0 Å². The van der Waals surface area contributed by atoms with Crippen LogP contribution in [-0.2, 0) is 14.2 Å². The van der Waals surface area contributed by atoms with E-state index in [0.717, 1.165) is 44.2 Å². The van der Waals surface area contributed by atoms with Crippen molar-refractivity contribution in [2.45, 2.75) is 97.2 Å². The highest BCUT2D eigenvalue weighted by atomic mass is 16.5. The summed E-state index contributed by atoms with van der Waals surface area (Å²) in [6.07, 6.45) is 13.8. The lowest BCUT2D eigenvalue weighted by molar-refractivity contribution is -0.0719. The Balaban J connectivity index is 1.39. The molecule has 0 aromatic rings. The van der Waals surface area contributed by atoms with Gasteiger partial charge in [-0.2, -0.15) is 0 Å². The Labute approximate surface area is 161 Å². The van der Waals surface area contributed by atoms with E-state index in [-0.39, 0.29) is 0 Å². The largest absolute Gasteiger partial charge is 0.381 e. The van der Waals surface area contributed by atoms with Gasteiger partial charge in [0, 0.05) is 19.8 Å². The highest BCUT2D eigenvalue weighted by Crippen LogP contribution is 2.40. The fourth-order valence-electron chi connectivity index (χ4n) is 5.51. The molecule has 6 atom stereocenters. The minimum atomic E-state index is 0.438. The lowest BCUT2D eigenvalue weighted by Crippen LogP contribution is -2.33. The van der Waals surface area contributed by atoms with Crippen LogP contribution < -0.4 is 0 Å². The molecule has 3 heteroatoms. The summed E-state index contributed by atoms with van der Waals surface area (Å²) in [4.78, 5) is 0. The first kappa shape index (κ1) is 20.6. The standard InChI is InChI=1S/C23H42O3/c1-4-23(11-13-25-17-23)10-8-22-15-20(14-19(3)26-22)6-5-7-21-16-24-12-9-18(21)2/h18-22H,4-17H2,1-3H3. The lowest BCUT2D eigenvalue weighted by atomic mass is 9.77. The predicted molar refractivity (Wildman–Crippen MR) is 106 cm³/mol. The molecule has 0 saturated carbocycles. The van der Waals surface area contributed by atoms with Crippen molar-refractivity contribution >= 4 is 0 Å². The van der Waals surface area contributed by atoms with Crippen molar-refractivity contribution in [1.29, 1.82) is 0 Å². The Hall–Kier alpha value is -0.120. The molecule has 3 aliphatic heterocycles. The van der Waals surface area contributed by atoms with E-state index in [4.69, 9.17) is 14.2 Å². The van der Waals surface area contributed by atoms with Gasteiger partial charge in [0.25, 0.3) is 0 Å². The molecule has 0 radical (unpaired) electrons. The molecule has 3 saturated heterocycles. The normalized spacial score (nSPS) is 41.4. The average molecular weight is 367 g/mol. The maximum Gasteiger partial charge on any atom is 0.0581 e. The van der Waals surface area contributed by atoms with E-state index < -0.39 is 0 Å². The first-order valence-corrected chi connectivity index (χ1v) is 11.4. The summed E-state index contributed by atoms with van der Waals surface area (Å²) in [6.45, 7) is 10.9. The SMILES string of the molecule is CCC1(CCC2CC(CCCC3COCCC3C)CC(C)O2)CCOC1. The van der Waals surface area contributed by atoms with Crippen LogP contribution in [0.3, 0.4) is 0 Å². The summed E-state index contributed by atoms with van der Waals surface area (Å²) in [5, 5.41) is 0.